The standard InChI is InChI=1S/C16H26N4O/c1-19-12-14(7-8-16(19)21)17-11-13-9-10-20(18-13)15-5-3-2-4-6-15/h9-10,14-15,17H,2-8,11-12H2,1H3. The molecule has 2 aliphatic rings. The van der Waals surface area contributed by atoms with Crippen molar-refractivity contribution in [1.82, 2.24) is 20.0 Å². The summed E-state index contributed by atoms with van der Waals surface area (Å²) in [4.78, 5) is 13.3. The van der Waals surface area contributed by atoms with Gasteiger partial charge in [0.2, 0.25) is 5.91 Å². The van der Waals surface area contributed by atoms with Crippen LogP contribution in [0.1, 0.15) is 56.7 Å². The lowest BCUT2D eigenvalue weighted by Gasteiger charge is -2.30. The molecule has 5 nitrogen and oxygen atoms in total. The van der Waals surface area contributed by atoms with Crippen molar-refractivity contribution in [1.29, 1.82) is 0 Å². The maximum Gasteiger partial charge on any atom is 0.222 e. The monoisotopic (exact) mass is 290 g/mol. The minimum absolute atomic E-state index is 0.259. The smallest absolute Gasteiger partial charge is 0.222 e. The fourth-order valence-corrected chi connectivity index (χ4v) is 3.45. The summed E-state index contributed by atoms with van der Waals surface area (Å²) in [5.41, 5.74) is 1.11. The highest BCUT2D eigenvalue weighted by atomic mass is 16.2. The van der Waals surface area contributed by atoms with Crippen molar-refractivity contribution >= 4 is 5.91 Å². The Hall–Kier alpha value is -1.36. The summed E-state index contributed by atoms with van der Waals surface area (Å²) in [5, 5.41) is 8.26. The largest absolute Gasteiger partial charge is 0.344 e. The first-order chi connectivity index (χ1) is 10.2. The molecule has 1 N–H and O–H groups in total. The zero-order valence-electron chi connectivity index (χ0n) is 12.9. The summed E-state index contributed by atoms with van der Waals surface area (Å²) in [6, 6.07) is 3.12. The van der Waals surface area contributed by atoms with Crippen LogP contribution < -0.4 is 5.32 Å². The normalized spacial score (nSPS) is 24.5. The summed E-state index contributed by atoms with van der Waals surface area (Å²) in [6.45, 7) is 1.61. The number of hydrogen-bond acceptors (Lipinski definition) is 3. The third-order valence-electron chi connectivity index (χ3n) is 4.81. The second-order valence-electron chi connectivity index (χ2n) is 6.47. The molecule has 1 amide bonds. The van der Waals surface area contributed by atoms with E-state index in [1.165, 1.54) is 32.1 Å². The molecule has 0 aromatic carbocycles. The summed E-state index contributed by atoms with van der Waals surface area (Å²) in [5.74, 6) is 0.259. The molecule has 116 valence electrons. The van der Waals surface area contributed by atoms with Gasteiger partial charge in [0.25, 0.3) is 0 Å². The first kappa shape index (κ1) is 14.6. The van der Waals surface area contributed by atoms with Crippen molar-refractivity contribution in [3.63, 3.8) is 0 Å². The summed E-state index contributed by atoms with van der Waals surface area (Å²) < 4.78 is 2.16. The van der Waals surface area contributed by atoms with Crippen molar-refractivity contribution in [3.05, 3.63) is 18.0 Å². The van der Waals surface area contributed by atoms with Crippen molar-refractivity contribution < 1.29 is 4.79 Å². The molecule has 3 rings (SSSR count). The van der Waals surface area contributed by atoms with Gasteiger partial charge in [-0.1, -0.05) is 19.3 Å². The number of hydrogen-bond donors (Lipinski definition) is 1. The second kappa shape index (κ2) is 6.60. The average molecular weight is 290 g/mol. The predicted octanol–water partition coefficient (Wildman–Crippen LogP) is 2.10. The van der Waals surface area contributed by atoms with E-state index < -0.39 is 0 Å². The lowest BCUT2D eigenvalue weighted by molar-refractivity contribution is -0.132. The Bertz CT molecular complexity index is 478. The fraction of sp³-hybridized carbons (Fsp3) is 0.750. The van der Waals surface area contributed by atoms with Gasteiger partial charge in [-0.15, -0.1) is 0 Å². The first-order valence-electron chi connectivity index (χ1n) is 8.24. The number of carbonyl (C=O) groups excluding carboxylic acids is 1. The van der Waals surface area contributed by atoms with Gasteiger partial charge in [-0.3, -0.25) is 9.48 Å². The summed E-state index contributed by atoms with van der Waals surface area (Å²) in [7, 11) is 1.88. The van der Waals surface area contributed by atoms with E-state index in [0.29, 0.717) is 18.5 Å². The molecule has 1 aliphatic heterocycles. The van der Waals surface area contributed by atoms with E-state index in [-0.39, 0.29) is 5.91 Å². The Morgan fingerprint density at radius 3 is 2.86 bits per heavy atom. The molecule has 2 fully saturated rings. The number of aromatic nitrogens is 2. The van der Waals surface area contributed by atoms with E-state index in [2.05, 4.69) is 22.3 Å². The van der Waals surface area contributed by atoms with Gasteiger partial charge in [-0.2, -0.15) is 5.10 Å². The van der Waals surface area contributed by atoms with Crippen LogP contribution in [0, 0.1) is 0 Å². The van der Waals surface area contributed by atoms with Gasteiger partial charge in [0.1, 0.15) is 0 Å². The molecule has 1 aromatic heterocycles. The summed E-state index contributed by atoms with van der Waals surface area (Å²) in [6.07, 6.45) is 10.3. The number of nitrogens with zero attached hydrogens (tertiary/aromatic N) is 3. The Balaban J connectivity index is 1.49. The van der Waals surface area contributed by atoms with Crippen molar-refractivity contribution in [2.45, 2.75) is 63.6 Å². The molecule has 0 radical (unpaired) electrons. The maximum atomic E-state index is 11.5. The fourth-order valence-electron chi connectivity index (χ4n) is 3.45. The van der Waals surface area contributed by atoms with E-state index in [4.69, 9.17) is 5.10 Å². The maximum absolute atomic E-state index is 11.5. The van der Waals surface area contributed by atoms with Gasteiger partial charge < -0.3 is 10.2 Å². The third-order valence-corrected chi connectivity index (χ3v) is 4.81. The van der Waals surface area contributed by atoms with Gasteiger partial charge in [0.05, 0.1) is 11.7 Å². The molecule has 0 spiro atoms. The first-order valence-corrected chi connectivity index (χ1v) is 8.24. The van der Waals surface area contributed by atoms with Crippen LogP contribution in [0.2, 0.25) is 0 Å². The number of amides is 1. The number of likely N-dealkylation sites (N-methyl/N-ethyl adjacent to an activating group) is 1. The number of likely N-dealkylation sites (tertiary alicyclic amines) is 1. The molecule has 1 unspecified atom stereocenters. The van der Waals surface area contributed by atoms with Crippen LogP contribution in [0.4, 0.5) is 0 Å². The third kappa shape index (κ3) is 3.64. The lowest BCUT2D eigenvalue weighted by atomic mass is 9.96. The molecule has 1 saturated carbocycles. The Kier molecular flexibility index (Phi) is 4.58. The van der Waals surface area contributed by atoms with Gasteiger partial charge in [0.15, 0.2) is 0 Å². The molecule has 21 heavy (non-hydrogen) atoms. The molecule has 5 heteroatoms. The molecule has 1 saturated heterocycles. The van der Waals surface area contributed by atoms with Gasteiger partial charge in [0, 0.05) is 38.8 Å². The van der Waals surface area contributed by atoms with Crippen LogP contribution >= 0.6 is 0 Å². The minimum Gasteiger partial charge on any atom is -0.344 e. The highest BCUT2D eigenvalue weighted by Gasteiger charge is 2.22. The van der Waals surface area contributed by atoms with Gasteiger partial charge in [-0.25, -0.2) is 0 Å². The van der Waals surface area contributed by atoms with Crippen LogP contribution in [0.5, 0.6) is 0 Å². The molecule has 2 heterocycles. The van der Waals surface area contributed by atoms with E-state index in [0.717, 1.165) is 25.2 Å². The SMILES string of the molecule is CN1CC(NCc2ccn(C3CCCCC3)n2)CCC1=O. The van der Waals surface area contributed by atoms with E-state index in [1.54, 1.807) is 0 Å². The van der Waals surface area contributed by atoms with Crippen molar-refractivity contribution in [2.24, 2.45) is 0 Å². The number of carbonyl (C=O) groups is 1. The van der Waals surface area contributed by atoms with Crippen LogP contribution in [-0.2, 0) is 11.3 Å². The van der Waals surface area contributed by atoms with Crippen LogP contribution in [-0.4, -0.2) is 40.2 Å². The Morgan fingerprint density at radius 1 is 1.29 bits per heavy atom. The van der Waals surface area contributed by atoms with E-state index >= 15 is 0 Å². The highest BCUT2D eigenvalue weighted by molar-refractivity contribution is 5.76. The molecule has 1 aliphatic carbocycles. The van der Waals surface area contributed by atoms with Gasteiger partial charge >= 0.3 is 0 Å². The zero-order chi connectivity index (χ0) is 14.7. The van der Waals surface area contributed by atoms with Crippen LogP contribution in [0.25, 0.3) is 0 Å². The van der Waals surface area contributed by atoms with Crippen LogP contribution in [0.15, 0.2) is 12.3 Å². The number of rotatable bonds is 4. The Morgan fingerprint density at radius 2 is 2.10 bits per heavy atom. The molecule has 1 atom stereocenters. The summed E-state index contributed by atoms with van der Waals surface area (Å²) >= 11 is 0. The zero-order valence-corrected chi connectivity index (χ0v) is 12.9. The molecular formula is C16H26N4O. The lowest BCUT2D eigenvalue weighted by Crippen LogP contribution is -2.46. The molecule has 0 bridgehead atoms. The van der Waals surface area contributed by atoms with Crippen molar-refractivity contribution in [2.75, 3.05) is 13.6 Å². The van der Waals surface area contributed by atoms with Crippen LogP contribution in [0.3, 0.4) is 0 Å². The topological polar surface area (TPSA) is 50.2 Å². The number of nitrogens with one attached hydrogen (secondary N) is 1. The molecule has 1 aromatic rings. The quantitative estimate of drug-likeness (QED) is 0.924. The molecular weight excluding hydrogens is 264 g/mol. The predicted molar refractivity (Wildman–Crippen MR) is 81.8 cm³/mol. The van der Waals surface area contributed by atoms with Gasteiger partial charge in [-0.05, 0) is 25.3 Å². The average Bonchev–Trinajstić information content (AvgIpc) is 2.98. The van der Waals surface area contributed by atoms with Crippen molar-refractivity contribution in [3.8, 4) is 0 Å². The Labute approximate surface area is 126 Å². The minimum atomic E-state index is 0.259. The van der Waals surface area contributed by atoms with E-state index in [9.17, 15) is 4.79 Å². The van der Waals surface area contributed by atoms with E-state index in [1.807, 2.05) is 11.9 Å². The number of piperidine rings is 1. The highest BCUT2D eigenvalue weighted by Crippen LogP contribution is 2.27. The second-order valence-corrected chi connectivity index (χ2v) is 6.47.